The predicted molar refractivity (Wildman–Crippen MR) is 87.4 cm³/mol. The first kappa shape index (κ1) is 16.0. The van der Waals surface area contributed by atoms with Gasteiger partial charge in [-0.2, -0.15) is 0 Å². The van der Waals surface area contributed by atoms with Gasteiger partial charge < -0.3 is 10.5 Å². The van der Waals surface area contributed by atoms with Gasteiger partial charge in [0.05, 0.1) is 12.7 Å². The Hall–Kier alpha value is -1.35. The summed E-state index contributed by atoms with van der Waals surface area (Å²) in [5.41, 5.74) is 7.42. The van der Waals surface area contributed by atoms with Crippen molar-refractivity contribution in [1.82, 2.24) is 0 Å². The molecule has 1 saturated carbocycles. The molecule has 0 bridgehead atoms. The fourth-order valence-electron chi connectivity index (χ4n) is 3.34. The molecule has 1 fully saturated rings. The number of rotatable bonds is 5. The molecule has 0 amide bonds. The fraction of sp³-hybridized carbons (Fsp3) is 0.611. The summed E-state index contributed by atoms with van der Waals surface area (Å²) in [6.45, 7) is 7.53. The van der Waals surface area contributed by atoms with E-state index in [0.29, 0.717) is 24.5 Å². The number of nitrogens with one attached hydrogen (secondary N) is 1. The number of hydrogen-bond donors (Lipinski definition) is 2. The van der Waals surface area contributed by atoms with Crippen molar-refractivity contribution in [1.29, 1.82) is 5.41 Å². The molecule has 0 aromatic heterocycles. The van der Waals surface area contributed by atoms with E-state index in [1.807, 2.05) is 24.3 Å². The van der Waals surface area contributed by atoms with E-state index in [4.69, 9.17) is 15.9 Å². The summed E-state index contributed by atoms with van der Waals surface area (Å²) in [6.07, 6.45) is 4.11. The summed E-state index contributed by atoms with van der Waals surface area (Å²) in [5, 5.41) is 7.51. The van der Waals surface area contributed by atoms with Crippen LogP contribution in [0.2, 0.25) is 0 Å². The van der Waals surface area contributed by atoms with Crippen molar-refractivity contribution in [2.45, 2.75) is 52.7 Å². The Morgan fingerprint density at radius 1 is 1.38 bits per heavy atom. The Kier molecular flexibility index (Phi) is 5.40. The molecule has 1 aliphatic rings. The number of benzene rings is 1. The van der Waals surface area contributed by atoms with Gasteiger partial charge in [-0.05, 0) is 42.2 Å². The van der Waals surface area contributed by atoms with E-state index in [1.165, 1.54) is 12.8 Å². The number of nitrogens with two attached hydrogens (primary N) is 1. The molecular weight excluding hydrogens is 260 g/mol. The number of nitrogen functional groups attached to an aromatic ring is 1. The summed E-state index contributed by atoms with van der Waals surface area (Å²) in [7, 11) is 0. The molecule has 1 aliphatic carbocycles. The van der Waals surface area contributed by atoms with Gasteiger partial charge in [0, 0.05) is 5.56 Å². The van der Waals surface area contributed by atoms with Crippen LogP contribution in [0.1, 0.15) is 51.2 Å². The van der Waals surface area contributed by atoms with E-state index in [2.05, 4.69) is 20.8 Å². The standard InChI is InChI=1S/C18H28N2O/c1-12(2)16-8-7-13(3)9-17(16)21-11-14-5-4-6-15(10-14)18(19)20/h4-6,10,12-13,16-17H,7-9,11H2,1-3H3,(H3,19,20). The summed E-state index contributed by atoms with van der Waals surface area (Å²) in [4.78, 5) is 0. The highest BCUT2D eigenvalue weighted by Crippen LogP contribution is 2.35. The Labute approximate surface area is 128 Å². The molecular formula is C18H28N2O. The van der Waals surface area contributed by atoms with Crippen molar-refractivity contribution in [3.05, 3.63) is 35.4 Å². The Balaban J connectivity index is 2.00. The van der Waals surface area contributed by atoms with Crippen molar-refractivity contribution in [2.75, 3.05) is 0 Å². The van der Waals surface area contributed by atoms with Crippen LogP contribution in [-0.4, -0.2) is 11.9 Å². The van der Waals surface area contributed by atoms with Crippen LogP contribution in [0.15, 0.2) is 24.3 Å². The molecule has 3 nitrogen and oxygen atoms in total. The van der Waals surface area contributed by atoms with Gasteiger partial charge in [-0.15, -0.1) is 0 Å². The van der Waals surface area contributed by atoms with E-state index in [-0.39, 0.29) is 5.84 Å². The molecule has 3 atom stereocenters. The Morgan fingerprint density at radius 3 is 2.81 bits per heavy atom. The minimum absolute atomic E-state index is 0.114. The van der Waals surface area contributed by atoms with E-state index in [0.717, 1.165) is 23.5 Å². The molecule has 21 heavy (non-hydrogen) atoms. The van der Waals surface area contributed by atoms with Crippen molar-refractivity contribution in [3.63, 3.8) is 0 Å². The topological polar surface area (TPSA) is 59.1 Å². The average molecular weight is 288 g/mol. The van der Waals surface area contributed by atoms with Gasteiger partial charge in [0.1, 0.15) is 5.84 Å². The van der Waals surface area contributed by atoms with Gasteiger partial charge in [0.15, 0.2) is 0 Å². The van der Waals surface area contributed by atoms with Gasteiger partial charge in [0.25, 0.3) is 0 Å². The zero-order valence-corrected chi connectivity index (χ0v) is 13.4. The molecule has 116 valence electrons. The molecule has 3 unspecified atom stereocenters. The third-order valence-corrected chi connectivity index (χ3v) is 4.66. The minimum Gasteiger partial charge on any atom is -0.384 e. The van der Waals surface area contributed by atoms with Crippen LogP contribution >= 0.6 is 0 Å². The predicted octanol–water partition coefficient (Wildman–Crippen LogP) is 3.95. The lowest BCUT2D eigenvalue weighted by Gasteiger charge is -2.37. The first-order chi connectivity index (χ1) is 9.97. The Morgan fingerprint density at radius 2 is 2.14 bits per heavy atom. The largest absolute Gasteiger partial charge is 0.384 e. The van der Waals surface area contributed by atoms with Gasteiger partial charge >= 0.3 is 0 Å². The maximum Gasteiger partial charge on any atom is 0.122 e. The molecule has 0 aliphatic heterocycles. The van der Waals surface area contributed by atoms with E-state index >= 15 is 0 Å². The van der Waals surface area contributed by atoms with Crippen molar-refractivity contribution >= 4 is 5.84 Å². The third-order valence-electron chi connectivity index (χ3n) is 4.66. The fourth-order valence-corrected chi connectivity index (χ4v) is 3.34. The highest BCUT2D eigenvalue weighted by atomic mass is 16.5. The monoisotopic (exact) mass is 288 g/mol. The van der Waals surface area contributed by atoms with Crippen molar-refractivity contribution in [2.24, 2.45) is 23.5 Å². The second-order valence-electron chi connectivity index (χ2n) is 6.79. The van der Waals surface area contributed by atoms with Crippen LogP contribution in [0.3, 0.4) is 0 Å². The van der Waals surface area contributed by atoms with Gasteiger partial charge in [0.2, 0.25) is 0 Å². The van der Waals surface area contributed by atoms with Crippen LogP contribution in [-0.2, 0) is 11.3 Å². The van der Waals surface area contributed by atoms with E-state index in [1.54, 1.807) is 0 Å². The van der Waals surface area contributed by atoms with E-state index < -0.39 is 0 Å². The van der Waals surface area contributed by atoms with Gasteiger partial charge in [-0.3, -0.25) is 5.41 Å². The second kappa shape index (κ2) is 7.08. The van der Waals surface area contributed by atoms with Crippen LogP contribution in [0.25, 0.3) is 0 Å². The molecule has 0 heterocycles. The summed E-state index contributed by atoms with van der Waals surface area (Å²) >= 11 is 0. The summed E-state index contributed by atoms with van der Waals surface area (Å²) in [6, 6.07) is 7.81. The van der Waals surface area contributed by atoms with Gasteiger partial charge in [-0.25, -0.2) is 0 Å². The smallest absolute Gasteiger partial charge is 0.122 e. The maximum absolute atomic E-state index is 7.51. The number of ether oxygens (including phenoxy) is 1. The number of hydrogen-bond acceptors (Lipinski definition) is 2. The van der Waals surface area contributed by atoms with Crippen molar-refractivity contribution < 1.29 is 4.74 Å². The molecule has 3 N–H and O–H groups in total. The molecule has 0 spiro atoms. The quantitative estimate of drug-likeness (QED) is 0.636. The highest BCUT2D eigenvalue weighted by Gasteiger charge is 2.31. The van der Waals surface area contributed by atoms with E-state index in [9.17, 15) is 0 Å². The summed E-state index contributed by atoms with van der Waals surface area (Å²) in [5.74, 6) is 2.21. The molecule has 0 saturated heterocycles. The third kappa shape index (κ3) is 4.31. The van der Waals surface area contributed by atoms with Crippen LogP contribution in [0.5, 0.6) is 0 Å². The maximum atomic E-state index is 7.51. The molecule has 0 radical (unpaired) electrons. The molecule has 1 aromatic rings. The highest BCUT2D eigenvalue weighted by molar-refractivity contribution is 5.95. The SMILES string of the molecule is CC1CCC(C(C)C)C(OCc2cccc(C(=N)N)c2)C1. The minimum atomic E-state index is 0.114. The zero-order chi connectivity index (χ0) is 15.4. The van der Waals surface area contributed by atoms with Crippen LogP contribution in [0.4, 0.5) is 0 Å². The molecule has 2 rings (SSSR count). The first-order valence-electron chi connectivity index (χ1n) is 8.02. The van der Waals surface area contributed by atoms with Crippen molar-refractivity contribution in [3.8, 4) is 0 Å². The van der Waals surface area contributed by atoms with Crippen LogP contribution in [0, 0.1) is 23.2 Å². The Bertz CT molecular complexity index is 484. The molecule has 1 aromatic carbocycles. The lowest BCUT2D eigenvalue weighted by Crippen LogP contribution is -2.34. The lowest BCUT2D eigenvalue weighted by molar-refractivity contribution is -0.0472. The first-order valence-corrected chi connectivity index (χ1v) is 8.02. The van der Waals surface area contributed by atoms with Crippen LogP contribution < -0.4 is 5.73 Å². The van der Waals surface area contributed by atoms with Gasteiger partial charge in [-0.1, -0.05) is 45.4 Å². The average Bonchev–Trinajstić information content (AvgIpc) is 2.45. The number of amidine groups is 1. The lowest BCUT2D eigenvalue weighted by atomic mass is 9.75. The normalized spacial score (nSPS) is 26.0. The zero-order valence-electron chi connectivity index (χ0n) is 13.4. The summed E-state index contributed by atoms with van der Waals surface area (Å²) < 4.78 is 6.24. The molecule has 3 heteroatoms. The second-order valence-corrected chi connectivity index (χ2v) is 6.79.